The number of ether oxygens (including phenoxy) is 2. The Balaban J connectivity index is 1.57. The summed E-state index contributed by atoms with van der Waals surface area (Å²) in [5.41, 5.74) is 5.92. The normalized spacial score (nSPS) is 14.5. The molecule has 4 rings (SSSR count). The molecule has 0 spiro atoms. The molecule has 0 aromatic heterocycles. The molecule has 1 atom stereocenters. The third kappa shape index (κ3) is 7.50. The summed E-state index contributed by atoms with van der Waals surface area (Å²) in [4.78, 5) is 26.0. The number of amides is 1. The van der Waals surface area contributed by atoms with Crippen LogP contribution in [0.4, 0.5) is 5.69 Å². The molecule has 8 heteroatoms. The summed E-state index contributed by atoms with van der Waals surface area (Å²) >= 11 is 1.21. The van der Waals surface area contributed by atoms with Gasteiger partial charge in [-0.2, -0.15) is 5.26 Å². The highest BCUT2D eigenvalue weighted by Gasteiger charge is 2.35. The van der Waals surface area contributed by atoms with Gasteiger partial charge in [0.15, 0.2) is 0 Å². The SMILES string of the molecule is C=CCOC(=O)C1=C(C)NC(SCC(=O)Nc2ccc(C)c(C)c2)=C(C#N)C1c1ccc(OCc2ccccc2)cc1. The van der Waals surface area contributed by atoms with E-state index in [0.717, 1.165) is 22.3 Å². The van der Waals surface area contributed by atoms with Crippen molar-refractivity contribution in [3.05, 3.63) is 130 Å². The predicted molar refractivity (Wildman–Crippen MR) is 167 cm³/mol. The van der Waals surface area contributed by atoms with Crippen LogP contribution in [-0.2, 0) is 20.9 Å². The Morgan fingerprint density at radius 2 is 1.79 bits per heavy atom. The first-order valence-corrected chi connectivity index (χ1v) is 14.5. The summed E-state index contributed by atoms with van der Waals surface area (Å²) in [6.45, 7) is 9.85. The molecule has 0 saturated carbocycles. The summed E-state index contributed by atoms with van der Waals surface area (Å²) in [6, 6.07) is 25.2. The molecule has 7 nitrogen and oxygen atoms in total. The molecule has 0 aliphatic carbocycles. The smallest absolute Gasteiger partial charge is 0.337 e. The standard InChI is InChI=1S/C34H33N3O4S/c1-5-17-40-34(39)31-24(4)36-33(42-21-30(38)37-27-14-11-22(2)23(3)18-27)29(19-35)32(31)26-12-15-28(16-13-26)41-20-25-9-7-6-8-10-25/h5-16,18,32,36H,1,17,20-21H2,2-4H3,(H,37,38). The molecule has 0 fully saturated rings. The molecular formula is C34H33N3O4S. The second-order valence-electron chi connectivity index (χ2n) is 9.82. The van der Waals surface area contributed by atoms with Crippen molar-refractivity contribution in [2.45, 2.75) is 33.3 Å². The van der Waals surface area contributed by atoms with E-state index < -0.39 is 11.9 Å². The number of hydrogen-bond donors (Lipinski definition) is 2. The summed E-state index contributed by atoms with van der Waals surface area (Å²) < 4.78 is 11.3. The molecule has 1 aliphatic rings. The first-order valence-electron chi connectivity index (χ1n) is 13.5. The molecule has 0 bridgehead atoms. The Morgan fingerprint density at radius 3 is 2.45 bits per heavy atom. The lowest BCUT2D eigenvalue weighted by atomic mass is 9.82. The fourth-order valence-corrected chi connectivity index (χ4v) is 5.39. The molecule has 3 aromatic carbocycles. The lowest BCUT2D eigenvalue weighted by Gasteiger charge is -2.29. The van der Waals surface area contributed by atoms with Crippen LogP contribution in [0.5, 0.6) is 5.75 Å². The van der Waals surface area contributed by atoms with Crippen LogP contribution in [0.1, 0.15) is 35.1 Å². The van der Waals surface area contributed by atoms with Gasteiger partial charge in [-0.1, -0.05) is 72.9 Å². The number of carbonyl (C=O) groups excluding carboxylic acids is 2. The molecule has 1 aliphatic heterocycles. The Bertz CT molecular complexity index is 1570. The van der Waals surface area contributed by atoms with Gasteiger partial charge < -0.3 is 20.1 Å². The number of carbonyl (C=O) groups is 2. The third-order valence-electron chi connectivity index (χ3n) is 6.80. The average molecular weight is 580 g/mol. The predicted octanol–water partition coefficient (Wildman–Crippen LogP) is 6.68. The average Bonchev–Trinajstić information content (AvgIpc) is 3.00. The van der Waals surface area contributed by atoms with Crippen LogP contribution in [-0.4, -0.2) is 24.2 Å². The first kappa shape index (κ1) is 30.2. The van der Waals surface area contributed by atoms with Gasteiger partial charge in [0.1, 0.15) is 19.0 Å². The number of allylic oxidation sites excluding steroid dienone is 2. The van der Waals surface area contributed by atoms with E-state index in [1.54, 1.807) is 6.92 Å². The summed E-state index contributed by atoms with van der Waals surface area (Å²) in [5, 5.41) is 16.9. The number of thioether (sulfide) groups is 1. The highest BCUT2D eigenvalue weighted by Crippen LogP contribution is 2.41. The van der Waals surface area contributed by atoms with Crippen molar-refractivity contribution in [1.29, 1.82) is 5.26 Å². The van der Waals surface area contributed by atoms with Crippen molar-refractivity contribution in [2.24, 2.45) is 0 Å². The van der Waals surface area contributed by atoms with Gasteiger partial charge in [0, 0.05) is 11.4 Å². The minimum absolute atomic E-state index is 0.0421. The topological polar surface area (TPSA) is 100 Å². The highest BCUT2D eigenvalue weighted by molar-refractivity contribution is 8.03. The van der Waals surface area contributed by atoms with E-state index in [1.165, 1.54) is 17.8 Å². The van der Waals surface area contributed by atoms with Crippen LogP contribution in [0.2, 0.25) is 0 Å². The Hall–Kier alpha value is -4.74. The van der Waals surface area contributed by atoms with E-state index in [1.807, 2.05) is 86.6 Å². The highest BCUT2D eigenvalue weighted by atomic mass is 32.2. The maximum Gasteiger partial charge on any atom is 0.337 e. The van der Waals surface area contributed by atoms with Gasteiger partial charge in [-0.3, -0.25) is 4.79 Å². The molecule has 1 heterocycles. The van der Waals surface area contributed by atoms with Crippen LogP contribution in [0.25, 0.3) is 0 Å². The maximum absolute atomic E-state index is 13.2. The van der Waals surface area contributed by atoms with E-state index in [9.17, 15) is 14.9 Å². The number of anilines is 1. The number of aryl methyl sites for hydroxylation is 2. The van der Waals surface area contributed by atoms with Gasteiger partial charge in [-0.15, -0.1) is 0 Å². The Labute approximate surface area is 250 Å². The van der Waals surface area contributed by atoms with E-state index in [-0.39, 0.29) is 18.3 Å². The quantitative estimate of drug-likeness (QED) is 0.193. The van der Waals surface area contributed by atoms with Gasteiger partial charge in [0.2, 0.25) is 5.91 Å². The second kappa shape index (κ2) is 14.2. The number of nitrogens with one attached hydrogen (secondary N) is 2. The molecule has 1 amide bonds. The Morgan fingerprint density at radius 1 is 1.05 bits per heavy atom. The van der Waals surface area contributed by atoms with Crippen LogP contribution in [0.15, 0.2) is 107 Å². The van der Waals surface area contributed by atoms with Gasteiger partial charge in [0.05, 0.1) is 33.9 Å². The van der Waals surface area contributed by atoms with Gasteiger partial charge in [0.25, 0.3) is 0 Å². The van der Waals surface area contributed by atoms with Crippen molar-refractivity contribution in [1.82, 2.24) is 5.32 Å². The molecule has 214 valence electrons. The monoisotopic (exact) mass is 579 g/mol. The molecule has 0 radical (unpaired) electrons. The van der Waals surface area contributed by atoms with E-state index in [0.29, 0.717) is 39.9 Å². The fourth-order valence-electron chi connectivity index (χ4n) is 4.49. The first-order chi connectivity index (χ1) is 20.3. The minimum Gasteiger partial charge on any atom is -0.489 e. The van der Waals surface area contributed by atoms with E-state index in [4.69, 9.17) is 9.47 Å². The number of esters is 1. The van der Waals surface area contributed by atoms with Gasteiger partial charge in [-0.05, 0) is 67.3 Å². The zero-order valence-corrected chi connectivity index (χ0v) is 24.7. The number of benzene rings is 3. The number of nitrogens with zero attached hydrogens (tertiary/aromatic N) is 1. The van der Waals surface area contributed by atoms with Crippen molar-refractivity contribution in [3.8, 4) is 11.8 Å². The fraction of sp³-hybridized carbons (Fsp3) is 0.206. The summed E-state index contributed by atoms with van der Waals surface area (Å²) in [5.74, 6) is -0.707. The number of nitriles is 1. The molecule has 1 unspecified atom stereocenters. The van der Waals surface area contributed by atoms with Crippen LogP contribution in [0, 0.1) is 25.2 Å². The zero-order valence-electron chi connectivity index (χ0n) is 23.9. The van der Waals surface area contributed by atoms with Crippen molar-refractivity contribution in [2.75, 3.05) is 17.7 Å². The molecular weight excluding hydrogens is 546 g/mol. The number of hydrogen-bond acceptors (Lipinski definition) is 7. The summed E-state index contributed by atoms with van der Waals surface area (Å²) in [6.07, 6.45) is 1.49. The molecule has 3 aromatic rings. The Kier molecular flexibility index (Phi) is 10.2. The minimum atomic E-state index is -0.693. The molecule has 0 saturated heterocycles. The van der Waals surface area contributed by atoms with Gasteiger partial charge in [-0.25, -0.2) is 4.79 Å². The lowest BCUT2D eigenvalue weighted by molar-refractivity contribution is -0.138. The van der Waals surface area contributed by atoms with Crippen LogP contribution < -0.4 is 15.4 Å². The van der Waals surface area contributed by atoms with Crippen molar-refractivity contribution in [3.63, 3.8) is 0 Å². The van der Waals surface area contributed by atoms with E-state index >= 15 is 0 Å². The van der Waals surface area contributed by atoms with Crippen LogP contribution in [0.3, 0.4) is 0 Å². The molecule has 42 heavy (non-hydrogen) atoms. The van der Waals surface area contributed by atoms with Crippen LogP contribution >= 0.6 is 11.8 Å². The largest absolute Gasteiger partial charge is 0.489 e. The zero-order chi connectivity index (χ0) is 30.1. The number of rotatable bonds is 11. The maximum atomic E-state index is 13.2. The number of dihydropyridines is 1. The van der Waals surface area contributed by atoms with Crippen molar-refractivity contribution < 1.29 is 19.1 Å². The summed E-state index contributed by atoms with van der Waals surface area (Å²) in [7, 11) is 0. The lowest BCUT2D eigenvalue weighted by Crippen LogP contribution is -2.29. The van der Waals surface area contributed by atoms with Gasteiger partial charge >= 0.3 is 5.97 Å². The van der Waals surface area contributed by atoms with E-state index in [2.05, 4.69) is 23.3 Å². The van der Waals surface area contributed by atoms with Crippen molar-refractivity contribution >= 4 is 29.3 Å². The molecule has 2 N–H and O–H groups in total. The second-order valence-corrected chi connectivity index (χ2v) is 10.8. The third-order valence-corrected chi connectivity index (χ3v) is 7.82.